The van der Waals surface area contributed by atoms with Gasteiger partial charge in [-0.05, 0) is 39.0 Å². The Balaban J connectivity index is 1.67. The molecule has 6 heteroatoms. The molecule has 0 radical (unpaired) electrons. The molecule has 1 saturated carbocycles. The second-order valence-electron chi connectivity index (χ2n) is 7.74. The number of aliphatic imine (C=N–C) groups is 1. The lowest BCUT2D eigenvalue weighted by Gasteiger charge is -2.30. The Morgan fingerprint density at radius 1 is 1.29 bits per heavy atom. The molecule has 0 spiro atoms. The second-order valence-corrected chi connectivity index (χ2v) is 7.74. The van der Waals surface area contributed by atoms with Gasteiger partial charge in [-0.1, -0.05) is 12.8 Å². The van der Waals surface area contributed by atoms with Gasteiger partial charge in [-0.25, -0.2) is 0 Å². The lowest BCUT2D eigenvalue weighted by atomic mass is 9.85. The Bertz CT molecular complexity index is 485. The molecule has 3 atom stereocenters. The highest BCUT2D eigenvalue weighted by molar-refractivity contribution is 5.84. The lowest BCUT2D eigenvalue weighted by Crippen LogP contribution is -2.48. The molecule has 2 aliphatic heterocycles. The van der Waals surface area contributed by atoms with Crippen LogP contribution in [0.2, 0.25) is 0 Å². The number of rotatable bonds is 5. The van der Waals surface area contributed by atoms with Crippen molar-refractivity contribution in [2.45, 2.75) is 70.1 Å². The molecule has 0 aromatic heterocycles. The van der Waals surface area contributed by atoms with Crippen molar-refractivity contribution in [1.82, 2.24) is 15.5 Å². The van der Waals surface area contributed by atoms with Crippen LogP contribution in [0.3, 0.4) is 0 Å². The minimum atomic E-state index is -0.308. The number of guanidine groups is 1. The van der Waals surface area contributed by atoms with E-state index < -0.39 is 0 Å². The van der Waals surface area contributed by atoms with Crippen molar-refractivity contribution < 1.29 is 9.53 Å². The minimum absolute atomic E-state index is 0.225. The van der Waals surface area contributed by atoms with E-state index >= 15 is 0 Å². The first-order valence-electron chi connectivity index (χ1n) is 9.46. The van der Waals surface area contributed by atoms with Gasteiger partial charge in [-0.3, -0.25) is 9.79 Å². The van der Waals surface area contributed by atoms with Crippen LogP contribution in [0, 0.1) is 5.41 Å². The van der Waals surface area contributed by atoms with Gasteiger partial charge in [0.15, 0.2) is 5.96 Å². The number of hydrogen-bond acceptors (Lipinski definition) is 3. The van der Waals surface area contributed by atoms with Gasteiger partial charge >= 0.3 is 0 Å². The van der Waals surface area contributed by atoms with E-state index in [1.165, 1.54) is 6.42 Å². The summed E-state index contributed by atoms with van der Waals surface area (Å²) in [6, 6.07) is 0.352. The number of fused-ring (bicyclic) bond motifs is 2. The first-order chi connectivity index (χ1) is 11.5. The summed E-state index contributed by atoms with van der Waals surface area (Å²) in [5.74, 6) is 1.05. The largest absolute Gasteiger partial charge is 0.373 e. The predicted molar refractivity (Wildman–Crippen MR) is 95.0 cm³/mol. The topological polar surface area (TPSA) is 66.0 Å². The Hall–Kier alpha value is -1.30. The third kappa shape index (κ3) is 3.53. The summed E-state index contributed by atoms with van der Waals surface area (Å²) in [7, 11) is 3.70. The van der Waals surface area contributed by atoms with Crippen molar-refractivity contribution in [3.63, 3.8) is 0 Å². The van der Waals surface area contributed by atoms with Crippen LogP contribution in [0.25, 0.3) is 0 Å². The molecule has 2 bridgehead atoms. The number of nitrogens with zero attached hydrogens (tertiary/aromatic N) is 2. The summed E-state index contributed by atoms with van der Waals surface area (Å²) in [4.78, 5) is 19.2. The molecule has 3 fully saturated rings. The van der Waals surface area contributed by atoms with Crippen LogP contribution in [0.5, 0.6) is 0 Å². The van der Waals surface area contributed by atoms with E-state index in [2.05, 4.69) is 17.6 Å². The molecule has 24 heavy (non-hydrogen) atoms. The fourth-order valence-corrected chi connectivity index (χ4v) is 4.48. The standard InChI is InChI=1S/C18H32N4O2/c1-4-19-17(21-14-11-13-7-8-15(14)24-13)20-12-18(9-5-6-10-18)16(23)22(2)3/h13-15H,4-12H2,1-3H3,(H2,19,20,21). The highest BCUT2D eigenvalue weighted by Crippen LogP contribution is 2.40. The van der Waals surface area contributed by atoms with E-state index in [0.717, 1.165) is 51.0 Å². The highest BCUT2D eigenvalue weighted by Gasteiger charge is 2.43. The number of nitrogens with one attached hydrogen (secondary N) is 2. The Morgan fingerprint density at radius 3 is 2.58 bits per heavy atom. The Kier molecular flexibility index (Phi) is 5.33. The fourth-order valence-electron chi connectivity index (χ4n) is 4.48. The second kappa shape index (κ2) is 7.30. The maximum atomic E-state index is 12.7. The number of hydrogen-bond donors (Lipinski definition) is 2. The van der Waals surface area contributed by atoms with E-state index in [1.807, 2.05) is 14.1 Å². The summed E-state index contributed by atoms with van der Waals surface area (Å²) in [6.07, 6.45) is 8.29. The van der Waals surface area contributed by atoms with E-state index in [9.17, 15) is 4.79 Å². The van der Waals surface area contributed by atoms with Crippen LogP contribution >= 0.6 is 0 Å². The van der Waals surface area contributed by atoms with Crippen molar-refractivity contribution in [2.24, 2.45) is 10.4 Å². The van der Waals surface area contributed by atoms with E-state index in [1.54, 1.807) is 4.90 Å². The molecule has 2 N–H and O–H groups in total. The summed E-state index contributed by atoms with van der Waals surface area (Å²) in [5.41, 5.74) is -0.308. The summed E-state index contributed by atoms with van der Waals surface area (Å²) < 4.78 is 5.93. The number of amides is 1. The van der Waals surface area contributed by atoms with Crippen LogP contribution in [0.1, 0.15) is 51.9 Å². The molecular weight excluding hydrogens is 304 g/mol. The third-order valence-electron chi connectivity index (χ3n) is 5.73. The van der Waals surface area contributed by atoms with Gasteiger partial charge in [-0.15, -0.1) is 0 Å². The molecule has 0 aromatic carbocycles. The molecule has 3 unspecified atom stereocenters. The molecule has 3 rings (SSSR count). The third-order valence-corrected chi connectivity index (χ3v) is 5.73. The average molecular weight is 336 g/mol. The molecule has 2 saturated heterocycles. The molecule has 6 nitrogen and oxygen atoms in total. The van der Waals surface area contributed by atoms with E-state index in [0.29, 0.717) is 24.8 Å². The maximum Gasteiger partial charge on any atom is 0.230 e. The zero-order chi connectivity index (χ0) is 17.2. The highest BCUT2D eigenvalue weighted by atomic mass is 16.5. The molecule has 136 valence electrons. The summed E-state index contributed by atoms with van der Waals surface area (Å²) in [5, 5.41) is 6.88. The van der Waals surface area contributed by atoms with Crippen LogP contribution in [-0.2, 0) is 9.53 Å². The van der Waals surface area contributed by atoms with Crippen LogP contribution in [0.4, 0.5) is 0 Å². The molecule has 0 aromatic rings. The number of carbonyl (C=O) groups excluding carboxylic acids is 1. The van der Waals surface area contributed by atoms with Gasteiger partial charge in [0.2, 0.25) is 5.91 Å². The van der Waals surface area contributed by atoms with Crippen LogP contribution in [-0.4, -0.2) is 62.2 Å². The van der Waals surface area contributed by atoms with Gasteiger partial charge in [0.1, 0.15) is 0 Å². The minimum Gasteiger partial charge on any atom is -0.373 e. The van der Waals surface area contributed by atoms with Gasteiger partial charge in [0.05, 0.1) is 30.2 Å². The molecule has 1 aliphatic carbocycles. The monoisotopic (exact) mass is 336 g/mol. The van der Waals surface area contributed by atoms with Crippen molar-refractivity contribution >= 4 is 11.9 Å². The van der Waals surface area contributed by atoms with Crippen LogP contribution < -0.4 is 10.6 Å². The number of carbonyl (C=O) groups is 1. The normalized spacial score (nSPS) is 31.3. The number of ether oxygens (including phenoxy) is 1. The zero-order valence-corrected chi connectivity index (χ0v) is 15.3. The van der Waals surface area contributed by atoms with Crippen LogP contribution in [0.15, 0.2) is 4.99 Å². The lowest BCUT2D eigenvalue weighted by molar-refractivity contribution is -0.138. The summed E-state index contributed by atoms with van der Waals surface area (Å²) in [6.45, 7) is 3.47. The fraction of sp³-hybridized carbons (Fsp3) is 0.889. The zero-order valence-electron chi connectivity index (χ0n) is 15.3. The van der Waals surface area contributed by atoms with Gasteiger partial charge in [0, 0.05) is 20.6 Å². The van der Waals surface area contributed by atoms with Crippen molar-refractivity contribution in [1.29, 1.82) is 0 Å². The Labute approximate surface area is 145 Å². The first kappa shape index (κ1) is 17.5. The maximum absolute atomic E-state index is 12.7. The van der Waals surface area contributed by atoms with Crippen molar-refractivity contribution in [3.8, 4) is 0 Å². The van der Waals surface area contributed by atoms with Gasteiger partial charge in [-0.2, -0.15) is 0 Å². The van der Waals surface area contributed by atoms with E-state index in [4.69, 9.17) is 9.73 Å². The molecule has 2 heterocycles. The molecular formula is C18H32N4O2. The van der Waals surface area contributed by atoms with Gasteiger partial charge < -0.3 is 20.3 Å². The van der Waals surface area contributed by atoms with E-state index in [-0.39, 0.29) is 11.3 Å². The molecule has 3 aliphatic rings. The van der Waals surface area contributed by atoms with Gasteiger partial charge in [0.25, 0.3) is 0 Å². The molecule has 1 amide bonds. The average Bonchev–Trinajstić information content (AvgIpc) is 3.29. The first-order valence-corrected chi connectivity index (χ1v) is 9.46. The van der Waals surface area contributed by atoms with Crippen molar-refractivity contribution in [2.75, 3.05) is 27.2 Å². The smallest absolute Gasteiger partial charge is 0.230 e. The Morgan fingerprint density at radius 2 is 2.04 bits per heavy atom. The summed E-state index contributed by atoms with van der Waals surface area (Å²) >= 11 is 0. The van der Waals surface area contributed by atoms with Crippen molar-refractivity contribution in [3.05, 3.63) is 0 Å². The SMILES string of the molecule is CCNC(=NCC1(C(=O)N(C)C)CCCC1)NC1CC2CCC1O2. The predicted octanol–water partition coefficient (Wildman–Crippen LogP) is 1.51. The quantitative estimate of drug-likeness (QED) is 0.590.